The second-order valence-electron chi connectivity index (χ2n) is 3.99. The van der Waals surface area contributed by atoms with Crippen LogP contribution in [0.25, 0.3) is 0 Å². The summed E-state index contributed by atoms with van der Waals surface area (Å²) in [5.41, 5.74) is 0. The molecule has 2 atom stereocenters. The van der Waals surface area contributed by atoms with Crippen LogP contribution >= 0.6 is 0 Å². The fraction of sp³-hybridized carbons (Fsp3) is 0.636. The molecule has 0 spiro atoms. The summed E-state index contributed by atoms with van der Waals surface area (Å²) in [6, 6.07) is 2.23. The first-order chi connectivity index (χ1) is 7.78. The van der Waals surface area contributed by atoms with E-state index in [2.05, 4.69) is 22.2 Å². The van der Waals surface area contributed by atoms with Gasteiger partial charge in [0.15, 0.2) is 0 Å². The molecule has 1 aliphatic heterocycles. The first-order valence-electron chi connectivity index (χ1n) is 5.52. The predicted octanol–water partition coefficient (Wildman–Crippen LogP) is 1.46. The van der Waals surface area contributed by atoms with E-state index < -0.39 is 0 Å². The van der Waals surface area contributed by atoms with E-state index in [-0.39, 0.29) is 0 Å². The van der Waals surface area contributed by atoms with Crippen LogP contribution in [-0.4, -0.2) is 35.8 Å². The predicted molar refractivity (Wildman–Crippen MR) is 60.6 cm³/mol. The molecule has 0 aromatic carbocycles. The largest absolute Gasteiger partial charge is 0.481 e. The van der Waals surface area contributed by atoms with E-state index >= 15 is 0 Å². The number of ether oxygens (including phenoxy) is 2. The van der Waals surface area contributed by atoms with Crippen molar-refractivity contribution in [2.45, 2.75) is 31.9 Å². The molecule has 1 aromatic rings. The maximum Gasteiger partial charge on any atom is 0.218 e. The molecule has 0 bridgehead atoms. The van der Waals surface area contributed by atoms with Gasteiger partial charge in [0.25, 0.3) is 0 Å². The SMILES string of the molecule is COc1cc(NC2CCOC(C)C2)ncn1. The summed E-state index contributed by atoms with van der Waals surface area (Å²) in [6.45, 7) is 2.90. The maximum absolute atomic E-state index is 5.49. The fourth-order valence-corrected chi connectivity index (χ4v) is 1.87. The molecule has 2 heterocycles. The summed E-state index contributed by atoms with van der Waals surface area (Å²) in [5, 5.41) is 3.37. The topological polar surface area (TPSA) is 56.3 Å². The van der Waals surface area contributed by atoms with E-state index in [0.29, 0.717) is 18.0 Å². The molecule has 1 N–H and O–H groups in total. The van der Waals surface area contributed by atoms with E-state index in [0.717, 1.165) is 25.3 Å². The zero-order chi connectivity index (χ0) is 11.4. The number of hydrogen-bond donors (Lipinski definition) is 1. The van der Waals surface area contributed by atoms with E-state index in [1.165, 1.54) is 6.33 Å². The summed E-state index contributed by atoms with van der Waals surface area (Å²) < 4.78 is 10.5. The number of anilines is 1. The highest BCUT2D eigenvalue weighted by atomic mass is 16.5. The second-order valence-corrected chi connectivity index (χ2v) is 3.99. The highest BCUT2D eigenvalue weighted by molar-refractivity contribution is 5.38. The van der Waals surface area contributed by atoms with Gasteiger partial charge in [0.05, 0.1) is 13.2 Å². The van der Waals surface area contributed by atoms with Crippen molar-refractivity contribution in [3.8, 4) is 5.88 Å². The lowest BCUT2D eigenvalue weighted by Gasteiger charge is -2.28. The second kappa shape index (κ2) is 5.12. The Bertz CT molecular complexity index is 346. The Morgan fingerprint density at radius 1 is 1.50 bits per heavy atom. The molecule has 1 saturated heterocycles. The Morgan fingerprint density at radius 2 is 2.38 bits per heavy atom. The molecule has 1 aromatic heterocycles. The lowest BCUT2D eigenvalue weighted by molar-refractivity contribution is 0.0232. The molecule has 0 saturated carbocycles. The third-order valence-electron chi connectivity index (χ3n) is 2.69. The van der Waals surface area contributed by atoms with E-state index in [9.17, 15) is 0 Å². The molecule has 0 radical (unpaired) electrons. The van der Waals surface area contributed by atoms with Crippen LogP contribution in [0.2, 0.25) is 0 Å². The number of aromatic nitrogens is 2. The van der Waals surface area contributed by atoms with Crippen molar-refractivity contribution in [3.63, 3.8) is 0 Å². The lowest BCUT2D eigenvalue weighted by atomic mass is 10.0. The smallest absolute Gasteiger partial charge is 0.218 e. The molecule has 2 unspecified atom stereocenters. The van der Waals surface area contributed by atoms with Crippen molar-refractivity contribution in [3.05, 3.63) is 12.4 Å². The van der Waals surface area contributed by atoms with Gasteiger partial charge in [-0.15, -0.1) is 0 Å². The number of methoxy groups -OCH3 is 1. The first kappa shape index (κ1) is 11.1. The van der Waals surface area contributed by atoms with Crippen LogP contribution in [0.3, 0.4) is 0 Å². The standard InChI is InChI=1S/C11H17N3O2/c1-8-5-9(3-4-16-8)14-10-6-11(15-2)13-7-12-10/h6-9H,3-5H2,1-2H3,(H,12,13,14). The van der Waals surface area contributed by atoms with Crippen LogP contribution in [0.1, 0.15) is 19.8 Å². The number of hydrogen-bond acceptors (Lipinski definition) is 5. The number of nitrogens with zero attached hydrogens (tertiary/aromatic N) is 2. The number of nitrogens with one attached hydrogen (secondary N) is 1. The first-order valence-corrected chi connectivity index (χ1v) is 5.52. The van der Waals surface area contributed by atoms with Gasteiger partial charge < -0.3 is 14.8 Å². The molecular weight excluding hydrogens is 206 g/mol. The molecule has 0 amide bonds. The molecule has 16 heavy (non-hydrogen) atoms. The van der Waals surface area contributed by atoms with Crippen molar-refractivity contribution in [2.75, 3.05) is 19.0 Å². The van der Waals surface area contributed by atoms with Crippen LogP contribution in [0.15, 0.2) is 12.4 Å². The monoisotopic (exact) mass is 223 g/mol. The molecular formula is C11H17N3O2. The summed E-state index contributed by atoms with van der Waals surface area (Å²) in [5.74, 6) is 1.39. The van der Waals surface area contributed by atoms with Gasteiger partial charge in [0.2, 0.25) is 5.88 Å². The average molecular weight is 223 g/mol. The van der Waals surface area contributed by atoms with Crippen LogP contribution in [0.5, 0.6) is 5.88 Å². The van der Waals surface area contributed by atoms with Crippen molar-refractivity contribution in [2.24, 2.45) is 0 Å². The molecule has 2 rings (SSSR count). The lowest BCUT2D eigenvalue weighted by Crippen LogP contribution is -2.32. The van der Waals surface area contributed by atoms with Gasteiger partial charge in [0.1, 0.15) is 12.1 Å². The van der Waals surface area contributed by atoms with Gasteiger partial charge in [0, 0.05) is 18.7 Å². The minimum absolute atomic E-state index is 0.315. The number of rotatable bonds is 3. The van der Waals surface area contributed by atoms with Crippen LogP contribution in [0.4, 0.5) is 5.82 Å². The zero-order valence-corrected chi connectivity index (χ0v) is 9.64. The molecule has 5 heteroatoms. The highest BCUT2D eigenvalue weighted by Crippen LogP contribution is 2.18. The minimum atomic E-state index is 0.315. The average Bonchev–Trinajstić information content (AvgIpc) is 2.29. The Labute approximate surface area is 95.2 Å². The van der Waals surface area contributed by atoms with Crippen molar-refractivity contribution in [1.82, 2.24) is 9.97 Å². The Morgan fingerprint density at radius 3 is 3.12 bits per heavy atom. The Hall–Kier alpha value is -1.36. The maximum atomic E-state index is 5.49. The molecule has 0 aliphatic carbocycles. The van der Waals surface area contributed by atoms with E-state index in [1.807, 2.05) is 0 Å². The van der Waals surface area contributed by atoms with Crippen LogP contribution < -0.4 is 10.1 Å². The molecule has 1 aliphatic rings. The van der Waals surface area contributed by atoms with Gasteiger partial charge in [-0.25, -0.2) is 9.97 Å². The molecule has 1 fully saturated rings. The van der Waals surface area contributed by atoms with E-state index in [4.69, 9.17) is 9.47 Å². The minimum Gasteiger partial charge on any atom is -0.481 e. The van der Waals surface area contributed by atoms with Crippen LogP contribution in [-0.2, 0) is 4.74 Å². The third-order valence-corrected chi connectivity index (χ3v) is 2.69. The summed E-state index contributed by atoms with van der Waals surface area (Å²) in [7, 11) is 1.60. The van der Waals surface area contributed by atoms with Crippen molar-refractivity contribution in [1.29, 1.82) is 0 Å². The fourth-order valence-electron chi connectivity index (χ4n) is 1.87. The van der Waals surface area contributed by atoms with Gasteiger partial charge in [-0.1, -0.05) is 0 Å². The van der Waals surface area contributed by atoms with Gasteiger partial charge in [-0.05, 0) is 19.8 Å². The third kappa shape index (κ3) is 2.82. The van der Waals surface area contributed by atoms with Crippen molar-refractivity contribution >= 4 is 5.82 Å². The van der Waals surface area contributed by atoms with Gasteiger partial charge >= 0.3 is 0 Å². The normalized spacial score (nSPS) is 25.1. The summed E-state index contributed by atoms with van der Waals surface area (Å²) in [4.78, 5) is 8.13. The quantitative estimate of drug-likeness (QED) is 0.840. The van der Waals surface area contributed by atoms with Crippen molar-refractivity contribution < 1.29 is 9.47 Å². The summed E-state index contributed by atoms with van der Waals surface area (Å²) in [6.07, 6.45) is 3.84. The van der Waals surface area contributed by atoms with E-state index in [1.54, 1.807) is 13.2 Å². The summed E-state index contributed by atoms with van der Waals surface area (Å²) >= 11 is 0. The Kier molecular flexibility index (Phi) is 3.56. The van der Waals surface area contributed by atoms with Gasteiger partial charge in [-0.3, -0.25) is 0 Å². The Balaban J connectivity index is 1.97. The van der Waals surface area contributed by atoms with Crippen LogP contribution in [0, 0.1) is 0 Å². The molecule has 88 valence electrons. The molecule has 5 nitrogen and oxygen atoms in total. The van der Waals surface area contributed by atoms with Gasteiger partial charge in [-0.2, -0.15) is 0 Å². The highest BCUT2D eigenvalue weighted by Gasteiger charge is 2.19. The zero-order valence-electron chi connectivity index (χ0n) is 9.64.